The fourth-order valence-corrected chi connectivity index (χ4v) is 2.43. The molecule has 1 aromatic heterocycles. The number of para-hydroxylation sites is 1. The smallest absolute Gasteiger partial charge is 0.321 e. The Kier molecular flexibility index (Phi) is 4.23. The predicted octanol–water partition coefficient (Wildman–Crippen LogP) is 3.08. The van der Waals surface area contributed by atoms with Gasteiger partial charge in [0.15, 0.2) is 0 Å². The monoisotopic (exact) mass is 297 g/mol. The van der Waals surface area contributed by atoms with Crippen LogP contribution in [0.5, 0.6) is 5.88 Å². The molecule has 114 valence electrons. The molecule has 5 nitrogen and oxygen atoms in total. The van der Waals surface area contributed by atoms with E-state index in [2.05, 4.69) is 10.3 Å². The fourth-order valence-electron chi connectivity index (χ4n) is 2.43. The van der Waals surface area contributed by atoms with Crippen LogP contribution in [0.1, 0.15) is 12.0 Å². The van der Waals surface area contributed by atoms with Gasteiger partial charge in [-0.3, -0.25) is 0 Å². The first-order chi connectivity index (χ1) is 10.7. The Hall–Kier alpha value is -2.56. The third-order valence-corrected chi connectivity index (χ3v) is 3.63. The van der Waals surface area contributed by atoms with Crippen molar-refractivity contribution in [2.75, 3.05) is 18.4 Å². The molecule has 0 unspecified atom stereocenters. The van der Waals surface area contributed by atoms with Crippen molar-refractivity contribution in [1.82, 2.24) is 9.88 Å². The number of hydrogen-bond donors (Lipinski definition) is 1. The van der Waals surface area contributed by atoms with Crippen LogP contribution in [0.3, 0.4) is 0 Å². The topological polar surface area (TPSA) is 54.5 Å². The first-order valence-electron chi connectivity index (χ1n) is 7.41. The predicted molar refractivity (Wildman–Crippen MR) is 85.0 cm³/mol. The zero-order valence-electron chi connectivity index (χ0n) is 12.5. The van der Waals surface area contributed by atoms with Crippen LogP contribution in [0.4, 0.5) is 10.5 Å². The quantitative estimate of drug-likeness (QED) is 0.947. The van der Waals surface area contributed by atoms with Crippen molar-refractivity contribution >= 4 is 11.7 Å². The number of aromatic nitrogens is 1. The van der Waals surface area contributed by atoms with E-state index < -0.39 is 0 Å². The number of rotatable bonds is 3. The minimum absolute atomic E-state index is 0.00303. The van der Waals surface area contributed by atoms with E-state index >= 15 is 0 Å². The van der Waals surface area contributed by atoms with E-state index in [0.29, 0.717) is 19.0 Å². The van der Waals surface area contributed by atoms with E-state index in [0.717, 1.165) is 17.7 Å². The highest BCUT2D eigenvalue weighted by Crippen LogP contribution is 2.18. The van der Waals surface area contributed by atoms with Crippen LogP contribution < -0.4 is 10.1 Å². The zero-order valence-corrected chi connectivity index (χ0v) is 12.5. The molecule has 0 bridgehead atoms. The minimum Gasteiger partial charge on any atom is -0.472 e. The van der Waals surface area contributed by atoms with E-state index in [-0.39, 0.29) is 12.1 Å². The third-order valence-electron chi connectivity index (χ3n) is 3.63. The summed E-state index contributed by atoms with van der Waals surface area (Å²) in [5, 5.41) is 2.89. The molecule has 1 N–H and O–H groups in total. The number of ether oxygens (including phenoxy) is 1. The van der Waals surface area contributed by atoms with Gasteiger partial charge in [0.2, 0.25) is 5.88 Å². The van der Waals surface area contributed by atoms with Gasteiger partial charge in [-0.05, 0) is 24.6 Å². The second-order valence-corrected chi connectivity index (χ2v) is 5.44. The van der Waals surface area contributed by atoms with Gasteiger partial charge in [0.05, 0.1) is 6.54 Å². The Labute approximate surface area is 129 Å². The van der Waals surface area contributed by atoms with Gasteiger partial charge in [0.25, 0.3) is 0 Å². The van der Waals surface area contributed by atoms with Crippen LogP contribution in [0, 0.1) is 6.92 Å². The number of carbonyl (C=O) groups is 1. The number of amides is 2. The number of nitrogens with zero attached hydrogens (tertiary/aromatic N) is 2. The number of carbonyl (C=O) groups excluding carboxylic acids is 1. The largest absolute Gasteiger partial charge is 0.472 e. The molecule has 1 aromatic carbocycles. The first-order valence-corrected chi connectivity index (χ1v) is 7.41. The van der Waals surface area contributed by atoms with Gasteiger partial charge < -0.3 is 15.0 Å². The van der Waals surface area contributed by atoms with Gasteiger partial charge in [-0.15, -0.1) is 0 Å². The summed E-state index contributed by atoms with van der Waals surface area (Å²) in [7, 11) is 0. The molecule has 2 aromatic rings. The molecular formula is C17H19N3O2. The lowest BCUT2D eigenvalue weighted by atomic mass is 10.3. The van der Waals surface area contributed by atoms with Crippen LogP contribution in [0.2, 0.25) is 0 Å². The lowest BCUT2D eigenvalue weighted by molar-refractivity contribution is 0.190. The number of pyridine rings is 1. The molecule has 0 aliphatic carbocycles. The molecule has 0 spiro atoms. The van der Waals surface area contributed by atoms with Gasteiger partial charge in [0.1, 0.15) is 6.10 Å². The molecule has 0 saturated carbocycles. The summed E-state index contributed by atoms with van der Waals surface area (Å²) in [5.41, 5.74) is 1.90. The molecule has 0 radical (unpaired) electrons. The Morgan fingerprint density at radius 3 is 2.82 bits per heavy atom. The average Bonchev–Trinajstić information content (AvgIpc) is 2.99. The van der Waals surface area contributed by atoms with E-state index in [1.807, 2.05) is 49.4 Å². The Morgan fingerprint density at radius 2 is 2.09 bits per heavy atom. The zero-order chi connectivity index (χ0) is 15.4. The molecule has 5 heteroatoms. The van der Waals surface area contributed by atoms with Crippen molar-refractivity contribution in [3.05, 3.63) is 54.2 Å². The van der Waals surface area contributed by atoms with Crippen molar-refractivity contribution in [2.24, 2.45) is 0 Å². The van der Waals surface area contributed by atoms with Crippen LogP contribution >= 0.6 is 0 Å². The normalized spacial score (nSPS) is 17.3. The maximum absolute atomic E-state index is 12.2. The molecule has 1 fully saturated rings. The van der Waals surface area contributed by atoms with Crippen LogP contribution in [-0.2, 0) is 0 Å². The van der Waals surface area contributed by atoms with Crippen LogP contribution in [0.15, 0.2) is 48.7 Å². The number of aryl methyl sites for hydroxylation is 1. The number of benzene rings is 1. The van der Waals surface area contributed by atoms with Crippen molar-refractivity contribution in [3.63, 3.8) is 0 Å². The Balaban J connectivity index is 1.53. The molecule has 1 aliphatic heterocycles. The number of likely N-dealkylation sites (tertiary alicyclic amines) is 1. The van der Waals surface area contributed by atoms with Crippen molar-refractivity contribution in [3.8, 4) is 5.88 Å². The molecule has 1 saturated heterocycles. The molecule has 22 heavy (non-hydrogen) atoms. The summed E-state index contributed by atoms with van der Waals surface area (Å²) in [6.07, 6.45) is 2.60. The van der Waals surface area contributed by atoms with Crippen LogP contribution in [-0.4, -0.2) is 35.1 Å². The highest BCUT2D eigenvalue weighted by molar-refractivity contribution is 5.89. The van der Waals surface area contributed by atoms with E-state index in [4.69, 9.17) is 4.74 Å². The SMILES string of the molecule is Cc1ccc(O[C@H]2CCN(C(=O)Nc3ccccc3)C2)nc1. The molecule has 2 amide bonds. The number of nitrogens with one attached hydrogen (secondary N) is 1. The summed E-state index contributed by atoms with van der Waals surface area (Å²) in [6, 6.07) is 13.2. The molecule has 2 heterocycles. The molecule has 1 aliphatic rings. The highest BCUT2D eigenvalue weighted by atomic mass is 16.5. The standard InChI is InChI=1S/C17H19N3O2/c1-13-7-8-16(18-11-13)22-15-9-10-20(12-15)17(21)19-14-5-3-2-4-6-14/h2-8,11,15H,9-10,12H2,1H3,(H,19,21)/t15-/m0/s1. The lowest BCUT2D eigenvalue weighted by Gasteiger charge is -2.17. The van der Waals surface area contributed by atoms with Crippen LogP contribution in [0.25, 0.3) is 0 Å². The molecule has 1 atom stereocenters. The number of urea groups is 1. The lowest BCUT2D eigenvalue weighted by Crippen LogP contribution is -2.34. The van der Waals surface area contributed by atoms with Gasteiger partial charge in [-0.25, -0.2) is 9.78 Å². The summed E-state index contributed by atoms with van der Waals surface area (Å²) < 4.78 is 5.83. The molecular weight excluding hydrogens is 278 g/mol. The second-order valence-electron chi connectivity index (χ2n) is 5.44. The summed E-state index contributed by atoms with van der Waals surface area (Å²) in [6.45, 7) is 3.26. The van der Waals surface area contributed by atoms with E-state index in [9.17, 15) is 4.79 Å². The van der Waals surface area contributed by atoms with Gasteiger partial charge in [-0.2, -0.15) is 0 Å². The maximum Gasteiger partial charge on any atom is 0.321 e. The highest BCUT2D eigenvalue weighted by Gasteiger charge is 2.27. The Morgan fingerprint density at radius 1 is 1.27 bits per heavy atom. The summed E-state index contributed by atoms with van der Waals surface area (Å²) in [4.78, 5) is 18.2. The van der Waals surface area contributed by atoms with Crippen molar-refractivity contribution in [2.45, 2.75) is 19.4 Å². The third kappa shape index (κ3) is 3.55. The van der Waals surface area contributed by atoms with Crippen molar-refractivity contribution < 1.29 is 9.53 Å². The first kappa shape index (κ1) is 14.4. The van der Waals surface area contributed by atoms with Gasteiger partial charge in [0, 0.05) is 30.9 Å². The second kappa shape index (κ2) is 6.47. The summed E-state index contributed by atoms with van der Waals surface area (Å²) >= 11 is 0. The minimum atomic E-state index is -0.0887. The van der Waals surface area contributed by atoms with Crippen molar-refractivity contribution in [1.29, 1.82) is 0 Å². The maximum atomic E-state index is 12.2. The van der Waals surface area contributed by atoms with Gasteiger partial charge in [-0.1, -0.05) is 24.3 Å². The van der Waals surface area contributed by atoms with Gasteiger partial charge >= 0.3 is 6.03 Å². The fraction of sp³-hybridized carbons (Fsp3) is 0.294. The number of anilines is 1. The van der Waals surface area contributed by atoms with E-state index in [1.165, 1.54) is 0 Å². The number of hydrogen-bond acceptors (Lipinski definition) is 3. The molecule has 3 rings (SSSR count). The summed E-state index contributed by atoms with van der Waals surface area (Å²) in [5.74, 6) is 0.612. The van der Waals surface area contributed by atoms with E-state index in [1.54, 1.807) is 11.1 Å². The average molecular weight is 297 g/mol. The Bertz CT molecular complexity index is 628.